The molecule has 4 N–H and O–H groups in total. The maximum absolute atomic E-state index is 13.7. The first kappa shape index (κ1) is 21.6. The molecule has 1 unspecified atom stereocenters. The van der Waals surface area contributed by atoms with Crippen LogP contribution in [0, 0.1) is 11.7 Å². The van der Waals surface area contributed by atoms with Crippen molar-refractivity contribution < 1.29 is 14.0 Å². The normalized spacial score (nSPS) is 13.0. The van der Waals surface area contributed by atoms with E-state index in [2.05, 4.69) is 10.6 Å². The van der Waals surface area contributed by atoms with E-state index in [9.17, 15) is 14.0 Å². The predicted molar refractivity (Wildman–Crippen MR) is 91.0 cm³/mol. The fourth-order valence-corrected chi connectivity index (χ4v) is 2.20. The minimum Gasteiger partial charge on any atom is -0.348 e. The van der Waals surface area contributed by atoms with Crippen LogP contribution in [0.25, 0.3) is 0 Å². The van der Waals surface area contributed by atoms with Gasteiger partial charge >= 0.3 is 0 Å². The van der Waals surface area contributed by atoms with Gasteiger partial charge in [0.2, 0.25) is 11.8 Å². The van der Waals surface area contributed by atoms with Crippen molar-refractivity contribution in [2.24, 2.45) is 11.7 Å². The maximum atomic E-state index is 13.7. The molecule has 0 saturated heterocycles. The lowest BCUT2D eigenvalue weighted by atomic mass is 10.1. The second-order valence-corrected chi connectivity index (χ2v) is 5.82. The lowest BCUT2D eigenvalue weighted by molar-refractivity contribution is -0.127. The van der Waals surface area contributed by atoms with Gasteiger partial charge in [-0.2, -0.15) is 0 Å². The molecular weight excluding hydrogens is 344 g/mol. The summed E-state index contributed by atoms with van der Waals surface area (Å²) in [5.74, 6) is -1.37. The average molecular weight is 366 g/mol. The Morgan fingerprint density at radius 3 is 2.43 bits per heavy atom. The summed E-state index contributed by atoms with van der Waals surface area (Å²) in [6, 6.07) is 3.02. The monoisotopic (exact) mass is 365 g/mol. The summed E-state index contributed by atoms with van der Waals surface area (Å²) >= 11 is 5.93. The molecule has 5 nitrogen and oxygen atoms in total. The number of rotatable bonds is 6. The van der Waals surface area contributed by atoms with Crippen LogP contribution < -0.4 is 16.4 Å². The second kappa shape index (κ2) is 9.70. The van der Waals surface area contributed by atoms with Gasteiger partial charge in [0.15, 0.2) is 0 Å². The summed E-state index contributed by atoms with van der Waals surface area (Å²) in [5.41, 5.74) is 5.88. The third-order valence-electron chi connectivity index (χ3n) is 3.25. The third kappa shape index (κ3) is 6.33. The van der Waals surface area contributed by atoms with Gasteiger partial charge in [-0.05, 0) is 25.0 Å². The van der Waals surface area contributed by atoms with Gasteiger partial charge in [0.25, 0.3) is 0 Å². The van der Waals surface area contributed by atoms with Crippen molar-refractivity contribution in [3.05, 3.63) is 34.6 Å². The van der Waals surface area contributed by atoms with Crippen molar-refractivity contribution in [1.82, 2.24) is 10.6 Å². The molecule has 0 spiro atoms. The summed E-state index contributed by atoms with van der Waals surface area (Å²) in [6.45, 7) is 5.01. The van der Waals surface area contributed by atoms with Crippen LogP contribution in [-0.4, -0.2) is 24.4 Å². The quantitative estimate of drug-likeness (QED) is 0.722. The van der Waals surface area contributed by atoms with Crippen molar-refractivity contribution in [2.75, 3.05) is 6.54 Å². The van der Waals surface area contributed by atoms with Crippen LogP contribution in [0.15, 0.2) is 18.2 Å². The zero-order valence-corrected chi connectivity index (χ0v) is 14.8. The molecule has 0 aliphatic rings. The minimum absolute atomic E-state index is 0. The highest BCUT2D eigenvalue weighted by Gasteiger charge is 2.19. The number of carbonyl (C=O) groups is 2. The summed E-state index contributed by atoms with van der Waals surface area (Å²) in [6.07, 6.45) is 0. The van der Waals surface area contributed by atoms with Crippen molar-refractivity contribution in [3.8, 4) is 0 Å². The summed E-state index contributed by atoms with van der Waals surface area (Å²) in [7, 11) is 0. The van der Waals surface area contributed by atoms with Gasteiger partial charge in [-0.3, -0.25) is 9.59 Å². The van der Waals surface area contributed by atoms with Crippen molar-refractivity contribution >= 4 is 35.8 Å². The topological polar surface area (TPSA) is 84.2 Å². The van der Waals surface area contributed by atoms with Crippen LogP contribution in [0.4, 0.5) is 4.39 Å². The zero-order chi connectivity index (χ0) is 16.9. The molecule has 0 aromatic heterocycles. The van der Waals surface area contributed by atoms with Crippen LogP contribution in [-0.2, 0) is 9.59 Å². The highest BCUT2D eigenvalue weighted by atomic mass is 35.5. The molecule has 1 aromatic carbocycles. The molecule has 0 radical (unpaired) electrons. The van der Waals surface area contributed by atoms with Crippen molar-refractivity contribution in [1.29, 1.82) is 0 Å². The first-order valence-electron chi connectivity index (χ1n) is 7.00. The number of hydrogen-bond donors (Lipinski definition) is 3. The van der Waals surface area contributed by atoms with Crippen LogP contribution >= 0.6 is 24.0 Å². The Morgan fingerprint density at radius 2 is 1.91 bits per heavy atom. The Labute approximate surface area is 146 Å². The first-order chi connectivity index (χ1) is 10.2. The van der Waals surface area contributed by atoms with E-state index in [0.29, 0.717) is 0 Å². The molecule has 0 saturated carbocycles. The molecular formula is C15H22Cl2FN3O2. The molecule has 130 valence electrons. The Kier molecular flexibility index (Phi) is 9.12. The molecule has 1 rings (SSSR count). The molecule has 0 heterocycles. The lowest BCUT2D eigenvalue weighted by Gasteiger charge is -2.18. The van der Waals surface area contributed by atoms with Gasteiger partial charge < -0.3 is 16.4 Å². The van der Waals surface area contributed by atoms with E-state index in [-0.39, 0.29) is 35.5 Å². The molecule has 8 heteroatoms. The molecule has 23 heavy (non-hydrogen) atoms. The third-order valence-corrected chi connectivity index (χ3v) is 3.58. The Hall–Kier alpha value is -1.37. The highest BCUT2D eigenvalue weighted by Crippen LogP contribution is 2.25. The molecule has 2 atom stereocenters. The smallest absolute Gasteiger partial charge is 0.239 e. The van der Waals surface area contributed by atoms with Crippen LogP contribution in [0.5, 0.6) is 0 Å². The standard InChI is InChI=1S/C15H21ClFN3O2.ClH/c1-8(2)14(18)15(22)19-7-12(21)20-9(3)13-10(16)5-4-6-11(13)17;/h4-6,8-9,14H,7,18H2,1-3H3,(H,19,22)(H,20,21);1H/t9?,14-;/m0./s1. The van der Waals surface area contributed by atoms with E-state index in [1.807, 2.05) is 13.8 Å². The van der Waals surface area contributed by atoms with Crippen LogP contribution in [0.3, 0.4) is 0 Å². The largest absolute Gasteiger partial charge is 0.348 e. The van der Waals surface area contributed by atoms with Crippen LogP contribution in [0.1, 0.15) is 32.4 Å². The number of nitrogens with one attached hydrogen (secondary N) is 2. The molecule has 2 amide bonds. The number of hydrogen-bond acceptors (Lipinski definition) is 3. The summed E-state index contributed by atoms with van der Waals surface area (Å²) in [5, 5.41) is 5.26. The van der Waals surface area contributed by atoms with E-state index in [4.69, 9.17) is 17.3 Å². The Bertz CT molecular complexity index is 535. The number of benzene rings is 1. The van der Waals surface area contributed by atoms with E-state index < -0.39 is 29.7 Å². The molecule has 0 aliphatic carbocycles. The summed E-state index contributed by atoms with van der Waals surface area (Å²) < 4.78 is 13.7. The molecule has 1 aromatic rings. The summed E-state index contributed by atoms with van der Waals surface area (Å²) in [4.78, 5) is 23.5. The second-order valence-electron chi connectivity index (χ2n) is 5.41. The van der Waals surface area contributed by atoms with Gasteiger partial charge in [0.1, 0.15) is 5.82 Å². The average Bonchev–Trinajstić information content (AvgIpc) is 2.43. The number of carbonyl (C=O) groups excluding carboxylic acids is 2. The van der Waals surface area contributed by atoms with Gasteiger partial charge in [-0.25, -0.2) is 4.39 Å². The predicted octanol–water partition coefficient (Wildman–Crippen LogP) is 2.18. The highest BCUT2D eigenvalue weighted by molar-refractivity contribution is 6.31. The SMILES string of the molecule is CC(NC(=O)CNC(=O)[C@@H](N)C(C)C)c1c(F)cccc1Cl.Cl. The Balaban J connectivity index is 0.00000484. The molecule has 0 aliphatic heterocycles. The van der Waals surface area contributed by atoms with Crippen molar-refractivity contribution in [3.63, 3.8) is 0 Å². The number of amides is 2. The maximum Gasteiger partial charge on any atom is 0.239 e. The Morgan fingerprint density at radius 1 is 1.30 bits per heavy atom. The molecule has 0 fully saturated rings. The zero-order valence-electron chi connectivity index (χ0n) is 13.2. The van der Waals surface area contributed by atoms with Gasteiger partial charge in [-0.15, -0.1) is 12.4 Å². The number of nitrogens with two attached hydrogens (primary N) is 1. The lowest BCUT2D eigenvalue weighted by Crippen LogP contribution is -2.47. The minimum atomic E-state index is -0.675. The first-order valence-corrected chi connectivity index (χ1v) is 7.38. The van der Waals surface area contributed by atoms with E-state index in [0.717, 1.165) is 0 Å². The van der Waals surface area contributed by atoms with Gasteiger partial charge in [-0.1, -0.05) is 31.5 Å². The van der Waals surface area contributed by atoms with E-state index >= 15 is 0 Å². The van der Waals surface area contributed by atoms with Crippen LogP contribution in [0.2, 0.25) is 5.02 Å². The van der Waals surface area contributed by atoms with Gasteiger partial charge in [0, 0.05) is 10.6 Å². The fourth-order valence-electron chi connectivity index (χ4n) is 1.88. The molecule has 0 bridgehead atoms. The van der Waals surface area contributed by atoms with Gasteiger partial charge in [0.05, 0.1) is 18.6 Å². The van der Waals surface area contributed by atoms with Crippen molar-refractivity contribution in [2.45, 2.75) is 32.9 Å². The fraction of sp³-hybridized carbons (Fsp3) is 0.467. The van der Waals surface area contributed by atoms with E-state index in [1.54, 1.807) is 13.0 Å². The number of halogens is 3. The van der Waals surface area contributed by atoms with E-state index in [1.165, 1.54) is 12.1 Å².